The van der Waals surface area contributed by atoms with Gasteiger partial charge >= 0.3 is 0 Å². The third-order valence-corrected chi connectivity index (χ3v) is 5.05. The lowest BCUT2D eigenvalue weighted by molar-refractivity contribution is -0.0198. The molecule has 1 aromatic carbocycles. The molecule has 27 heavy (non-hydrogen) atoms. The number of pyridine rings is 1. The fourth-order valence-corrected chi connectivity index (χ4v) is 3.57. The molecule has 2 atom stereocenters. The first-order valence-electron chi connectivity index (χ1n) is 9.02. The number of hydrogen-bond acceptors (Lipinski definition) is 5. The average molecular weight is 366 g/mol. The summed E-state index contributed by atoms with van der Waals surface area (Å²) in [5, 5.41) is 19.5. The highest BCUT2D eigenvalue weighted by Crippen LogP contribution is 2.25. The van der Waals surface area contributed by atoms with Crippen molar-refractivity contribution in [1.82, 2.24) is 20.1 Å². The molecule has 1 saturated heterocycles. The Balaban J connectivity index is 1.44. The number of benzene rings is 1. The molecule has 140 valence electrons. The Morgan fingerprint density at radius 2 is 2.15 bits per heavy atom. The van der Waals surface area contributed by atoms with Crippen LogP contribution in [0.1, 0.15) is 28.2 Å². The maximum Gasteiger partial charge on any atom is 0.257 e. The third-order valence-electron chi connectivity index (χ3n) is 5.05. The molecular weight excluding hydrogens is 344 g/mol. The van der Waals surface area contributed by atoms with Gasteiger partial charge in [0.2, 0.25) is 0 Å². The van der Waals surface area contributed by atoms with Crippen LogP contribution < -0.4 is 4.74 Å². The standard InChI is InChI=1S/C20H22N4O3/c1-12-19(13(2)23-22-12)20(26)24-8-6-18(17(25)11-24)27-16-4-3-14-5-7-21-10-15(14)9-16/h3-5,7,9-10,17-18,25H,6,8,11H2,1-2H3,(H,22,23)/t17-,18-/m1/s1. The van der Waals surface area contributed by atoms with Gasteiger partial charge in [0.15, 0.2) is 0 Å². The minimum atomic E-state index is -0.750. The van der Waals surface area contributed by atoms with E-state index in [4.69, 9.17) is 4.74 Å². The van der Waals surface area contributed by atoms with Gasteiger partial charge in [-0.25, -0.2) is 0 Å². The molecule has 0 unspecified atom stereocenters. The minimum absolute atomic E-state index is 0.104. The van der Waals surface area contributed by atoms with E-state index in [-0.39, 0.29) is 18.6 Å². The molecule has 1 amide bonds. The summed E-state index contributed by atoms with van der Waals surface area (Å²) in [6.07, 6.45) is 3.00. The molecule has 7 heteroatoms. The van der Waals surface area contributed by atoms with E-state index in [9.17, 15) is 9.90 Å². The van der Waals surface area contributed by atoms with Crippen LogP contribution in [-0.4, -0.2) is 56.4 Å². The van der Waals surface area contributed by atoms with Gasteiger partial charge in [-0.2, -0.15) is 5.10 Å². The summed E-state index contributed by atoms with van der Waals surface area (Å²) in [6.45, 7) is 4.40. The number of β-amino-alcohol motifs (C(OH)–C–C–N with tert-alkyl or cyclic N) is 1. The van der Waals surface area contributed by atoms with Crippen LogP contribution in [0.3, 0.4) is 0 Å². The van der Waals surface area contributed by atoms with Crippen LogP contribution in [0.2, 0.25) is 0 Å². The third kappa shape index (κ3) is 3.38. The van der Waals surface area contributed by atoms with Crippen molar-refractivity contribution in [2.45, 2.75) is 32.5 Å². The molecule has 1 fully saturated rings. The molecule has 0 bridgehead atoms. The number of ether oxygens (including phenoxy) is 1. The topological polar surface area (TPSA) is 91.3 Å². The van der Waals surface area contributed by atoms with E-state index in [2.05, 4.69) is 15.2 Å². The van der Waals surface area contributed by atoms with Crippen LogP contribution >= 0.6 is 0 Å². The molecule has 3 aromatic rings. The number of nitrogens with zero attached hydrogens (tertiary/aromatic N) is 3. The summed E-state index contributed by atoms with van der Waals surface area (Å²) >= 11 is 0. The van der Waals surface area contributed by atoms with Crippen LogP contribution in [0.15, 0.2) is 36.7 Å². The monoisotopic (exact) mass is 366 g/mol. The van der Waals surface area contributed by atoms with E-state index in [0.29, 0.717) is 30.0 Å². The zero-order valence-corrected chi connectivity index (χ0v) is 15.3. The lowest BCUT2D eigenvalue weighted by atomic mass is 10.0. The fourth-order valence-electron chi connectivity index (χ4n) is 3.57. The van der Waals surface area contributed by atoms with Crippen molar-refractivity contribution >= 4 is 16.7 Å². The summed E-state index contributed by atoms with van der Waals surface area (Å²) in [4.78, 5) is 18.6. The highest BCUT2D eigenvalue weighted by Gasteiger charge is 2.33. The van der Waals surface area contributed by atoms with Crippen LogP contribution in [0.4, 0.5) is 0 Å². The van der Waals surface area contributed by atoms with Gasteiger partial charge in [-0.1, -0.05) is 6.07 Å². The van der Waals surface area contributed by atoms with E-state index in [1.165, 1.54) is 0 Å². The average Bonchev–Trinajstić information content (AvgIpc) is 3.01. The van der Waals surface area contributed by atoms with Crippen LogP contribution in [0, 0.1) is 13.8 Å². The molecule has 0 saturated carbocycles. The predicted octanol–water partition coefficient (Wildman–Crippen LogP) is 2.23. The number of nitrogens with one attached hydrogen (secondary N) is 1. The largest absolute Gasteiger partial charge is 0.488 e. The van der Waals surface area contributed by atoms with Crippen molar-refractivity contribution in [1.29, 1.82) is 0 Å². The molecule has 4 rings (SSSR count). The van der Waals surface area contributed by atoms with E-state index in [1.54, 1.807) is 24.2 Å². The molecule has 1 aliphatic heterocycles. The fraction of sp³-hybridized carbons (Fsp3) is 0.350. The molecule has 0 spiro atoms. The summed E-state index contributed by atoms with van der Waals surface area (Å²) in [5.74, 6) is 0.592. The van der Waals surface area contributed by atoms with Crippen molar-refractivity contribution in [2.75, 3.05) is 13.1 Å². The second-order valence-electron chi connectivity index (χ2n) is 6.96. The Labute approximate surface area is 157 Å². The van der Waals surface area contributed by atoms with Crippen LogP contribution in [0.25, 0.3) is 10.8 Å². The second-order valence-corrected chi connectivity index (χ2v) is 6.96. The number of rotatable bonds is 3. The van der Waals surface area contributed by atoms with Crippen molar-refractivity contribution < 1.29 is 14.6 Å². The molecular formula is C20H22N4O3. The number of H-pyrrole nitrogens is 1. The zero-order valence-electron chi connectivity index (χ0n) is 15.3. The number of aryl methyl sites for hydroxylation is 2. The smallest absolute Gasteiger partial charge is 0.257 e. The molecule has 7 nitrogen and oxygen atoms in total. The maximum atomic E-state index is 12.8. The van der Waals surface area contributed by atoms with Crippen molar-refractivity contribution in [3.8, 4) is 5.75 Å². The first-order valence-corrected chi connectivity index (χ1v) is 9.02. The highest BCUT2D eigenvalue weighted by molar-refractivity contribution is 5.96. The SMILES string of the molecule is Cc1n[nH]c(C)c1C(=O)N1CC[C@@H](Oc2ccc3ccncc3c2)[C@H](O)C1. The number of likely N-dealkylation sites (tertiary alicyclic amines) is 1. The number of piperidine rings is 1. The maximum absolute atomic E-state index is 12.8. The van der Waals surface area contributed by atoms with Gasteiger partial charge in [0.05, 0.1) is 17.8 Å². The van der Waals surface area contributed by atoms with Gasteiger partial charge in [0.1, 0.15) is 18.0 Å². The van der Waals surface area contributed by atoms with Gasteiger partial charge in [0.25, 0.3) is 5.91 Å². The number of carbonyl (C=O) groups excluding carboxylic acids is 1. The molecule has 3 heterocycles. The number of aliphatic hydroxyl groups excluding tert-OH is 1. The number of amides is 1. The number of aliphatic hydroxyl groups is 1. The van der Waals surface area contributed by atoms with Gasteiger partial charge in [0, 0.05) is 36.4 Å². The number of carbonyl (C=O) groups is 1. The van der Waals surface area contributed by atoms with Crippen molar-refractivity contribution in [3.05, 3.63) is 53.6 Å². The normalized spacial score (nSPS) is 20.0. The zero-order chi connectivity index (χ0) is 19.0. The first kappa shape index (κ1) is 17.5. The summed E-state index contributed by atoms with van der Waals surface area (Å²) < 4.78 is 6.01. The molecule has 2 aromatic heterocycles. The number of aromatic amines is 1. The van der Waals surface area contributed by atoms with E-state index in [1.807, 2.05) is 31.2 Å². The van der Waals surface area contributed by atoms with Crippen molar-refractivity contribution in [3.63, 3.8) is 0 Å². The molecule has 0 radical (unpaired) electrons. The Hall–Kier alpha value is -2.93. The minimum Gasteiger partial charge on any atom is -0.488 e. The van der Waals surface area contributed by atoms with Crippen molar-refractivity contribution in [2.24, 2.45) is 0 Å². The van der Waals surface area contributed by atoms with E-state index >= 15 is 0 Å². The quantitative estimate of drug-likeness (QED) is 0.742. The van der Waals surface area contributed by atoms with Gasteiger partial charge in [-0.3, -0.25) is 14.9 Å². The number of hydrogen-bond donors (Lipinski definition) is 2. The molecule has 0 aliphatic carbocycles. The Kier molecular flexibility index (Phi) is 4.53. The second kappa shape index (κ2) is 7.00. The number of aromatic nitrogens is 3. The summed E-state index contributed by atoms with van der Waals surface area (Å²) in [6, 6.07) is 7.73. The number of fused-ring (bicyclic) bond motifs is 1. The summed E-state index contributed by atoms with van der Waals surface area (Å²) in [5.41, 5.74) is 2.01. The van der Waals surface area contributed by atoms with E-state index < -0.39 is 6.10 Å². The van der Waals surface area contributed by atoms with Crippen LogP contribution in [-0.2, 0) is 0 Å². The van der Waals surface area contributed by atoms with Gasteiger partial charge in [-0.15, -0.1) is 0 Å². The first-order chi connectivity index (χ1) is 13.0. The lowest BCUT2D eigenvalue weighted by Gasteiger charge is -2.36. The Morgan fingerprint density at radius 1 is 1.30 bits per heavy atom. The molecule has 1 aliphatic rings. The van der Waals surface area contributed by atoms with Gasteiger partial charge in [-0.05, 0) is 37.4 Å². The molecule has 2 N–H and O–H groups in total. The highest BCUT2D eigenvalue weighted by atomic mass is 16.5. The van der Waals surface area contributed by atoms with Gasteiger partial charge < -0.3 is 14.7 Å². The lowest BCUT2D eigenvalue weighted by Crippen LogP contribution is -2.51. The van der Waals surface area contributed by atoms with E-state index in [0.717, 1.165) is 16.5 Å². The summed E-state index contributed by atoms with van der Waals surface area (Å²) in [7, 11) is 0. The predicted molar refractivity (Wildman–Crippen MR) is 101 cm³/mol. The van der Waals surface area contributed by atoms with Crippen LogP contribution in [0.5, 0.6) is 5.75 Å². The Morgan fingerprint density at radius 3 is 2.89 bits per heavy atom. The Bertz CT molecular complexity index is 965.